The third kappa shape index (κ3) is 2.20. The van der Waals surface area contributed by atoms with E-state index in [-0.39, 0.29) is 6.29 Å². The first-order valence-corrected chi connectivity index (χ1v) is 6.51. The number of rotatable bonds is 3. The summed E-state index contributed by atoms with van der Waals surface area (Å²) in [6, 6.07) is 3.88. The molecule has 5 heteroatoms. The van der Waals surface area contributed by atoms with Gasteiger partial charge in [0.15, 0.2) is 6.29 Å². The van der Waals surface area contributed by atoms with Crippen LogP contribution in [0.4, 0.5) is 0 Å². The van der Waals surface area contributed by atoms with Crippen molar-refractivity contribution in [2.45, 2.75) is 6.29 Å². The summed E-state index contributed by atoms with van der Waals surface area (Å²) in [5.74, 6) is 0. The number of hydrogen-bond donors (Lipinski definition) is 0. The van der Waals surface area contributed by atoms with Crippen LogP contribution in [0.3, 0.4) is 0 Å². The van der Waals surface area contributed by atoms with E-state index in [0.717, 1.165) is 21.8 Å². The molecule has 18 heavy (non-hydrogen) atoms. The molecular weight excluding hydrogens is 248 g/mol. The molecule has 3 rings (SSSR count). The number of hydrogen-bond acceptors (Lipinski definition) is 5. The van der Waals surface area contributed by atoms with Gasteiger partial charge in [-0.15, -0.1) is 11.3 Å². The smallest absolute Gasteiger partial charge is 0.185 e. The summed E-state index contributed by atoms with van der Waals surface area (Å²) in [4.78, 5) is 8.63. The summed E-state index contributed by atoms with van der Waals surface area (Å²) < 4.78 is 10.8. The predicted octanol–water partition coefficient (Wildman–Crippen LogP) is 2.59. The van der Waals surface area contributed by atoms with Crippen molar-refractivity contribution in [1.29, 1.82) is 0 Å². The van der Waals surface area contributed by atoms with Gasteiger partial charge in [0.1, 0.15) is 5.01 Å². The summed E-state index contributed by atoms with van der Waals surface area (Å²) in [5, 5.41) is 2.90. The highest BCUT2D eigenvalue weighted by atomic mass is 32.1. The lowest BCUT2D eigenvalue weighted by Crippen LogP contribution is -2.09. The van der Waals surface area contributed by atoms with Gasteiger partial charge in [0.25, 0.3) is 0 Å². The monoisotopic (exact) mass is 260 g/mol. The van der Waals surface area contributed by atoms with Crippen molar-refractivity contribution in [3.8, 4) is 10.6 Å². The second-order valence-corrected chi connectivity index (χ2v) is 4.74. The van der Waals surface area contributed by atoms with Crippen LogP contribution in [0, 0.1) is 0 Å². The molecule has 0 radical (unpaired) electrons. The first-order valence-electron chi connectivity index (χ1n) is 5.63. The lowest BCUT2D eigenvalue weighted by Gasteiger charge is -2.09. The van der Waals surface area contributed by atoms with E-state index < -0.39 is 0 Å². The molecule has 2 aromatic rings. The average molecular weight is 260 g/mol. The molecule has 0 aliphatic carbocycles. The van der Waals surface area contributed by atoms with Gasteiger partial charge < -0.3 is 9.47 Å². The van der Waals surface area contributed by atoms with Gasteiger partial charge in [0.05, 0.1) is 18.9 Å². The highest BCUT2D eigenvalue weighted by molar-refractivity contribution is 7.13. The molecule has 4 nitrogen and oxygen atoms in total. The van der Waals surface area contributed by atoms with E-state index in [1.54, 1.807) is 23.7 Å². The summed E-state index contributed by atoms with van der Waals surface area (Å²) in [5.41, 5.74) is 2.61. The Balaban J connectivity index is 1.83. The summed E-state index contributed by atoms with van der Waals surface area (Å²) in [6.45, 7) is 5.22. The molecule has 0 N–H and O–H groups in total. The van der Waals surface area contributed by atoms with Crippen molar-refractivity contribution in [2.75, 3.05) is 13.2 Å². The third-order valence-corrected chi connectivity index (χ3v) is 3.54. The predicted molar refractivity (Wildman–Crippen MR) is 70.1 cm³/mol. The lowest BCUT2D eigenvalue weighted by molar-refractivity contribution is 0.00694. The van der Waals surface area contributed by atoms with E-state index in [9.17, 15) is 0 Å². The van der Waals surface area contributed by atoms with Crippen LogP contribution < -0.4 is 0 Å². The number of aromatic nitrogens is 2. The number of nitrogens with zero attached hydrogens (tertiary/aromatic N) is 2. The molecule has 0 amide bonds. The summed E-state index contributed by atoms with van der Waals surface area (Å²) >= 11 is 1.57. The summed E-state index contributed by atoms with van der Waals surface area (Å²) in [6.07, 6.45) is 3.19. The van der Waals surface area contributed by atoms with Crippen LogP contribution in [-0.4, -0.2) is 29.5 Å². The van der Waals surface area contributed by atoms with Crippen molar-refractivity contribution in [2.24, 2.45) is 0 Å². The zero-order valence-electron chi connectivity index (χ0n) is 9.70. The largest absolute Gasteiger partial charge is 0.346 e. The molecule has 0 aromatic carbocycles. The minimum Gasteiger partial charge on any atom is -0.346 e. The quantitative estimate of drug-likeness (QED) is 0.851. The lowest BCUT2D eigenvalue weighted by atomic mass is 10.2. The fraction of sp³-hybridized carbons (Fsp3) is 0.231. The first kappa shape index (κ1) is 11.5. The van der Waals surface area contributed by atoms with Gasteiger partial charge in [0, 0.05) is 28.9 Å². The van der Waals surface area contributed by atoms with E-state index >= 15 is 0 Å². The molecule has 1 saturated heterocycles. The second kappa shape index (κ2) is 4.97. The van der Waals surface area contributed by atoms with Crippen molar-refractivity contribution in [3.05, 3.63) is 42.2 Å². The van der Waals surface area contributed by atoms with Crippen LogP contribution in [0.25, 0.3) is 16.1 Å². The van der Waals surface area contributed by atoms with Gasteiger partial charge in [-0.1, -0.05) is 6.58 Å². The first-order chi connectivity index (χ1) is 8.84. The second-order valence-electron chi connectivity index (χ2n) is 3.88. The molecule has 0 saturated carbocycles. The van der Waals surface area contributed by atoms with Gasteiger partial charge >= 0.3 is 0 Å². The highest BCUT2D eigenvalue weighted by Gasteiger charge is 2.22. The Morgan fingerprint density at radius 2 is 2.22 bits per heavy atom. The number of pyridine rings is 1. The molecule has 0 atom stereocenters. The molecule has 1 aliphatic rings. The van der Waals surface area contributed by atoms with Gasteiger partial charge in [-0.25, -0.2) is 4.98 Å². The molecule has 3 heterocycles. The summed E-state index contributed by atoms with van der Waals surface area (Å²) in [7, 11) is 0. The van der Waals surface area contributed by atoms with Gasteiger partial charge in [-0.05, 0) is 12.1 Å². The topological polar surface area (TPSA) is 44.2 Å². The van der Waals surface area contributed by atoms with Crippen LogP contribution in [0.15, 0.2) is 36.5 Å². The molecule has 1 fully saturated rings. The number of ether oxygens (including phenoxy) is 2. The molecule has 92 valence electrons. The third-order valence-electron chi connectivity index (χ3n) is 2.65. The van der Waals surface area contributed by atoms with E-state index in [4.69, 9.17) is 9.47 Å². The minimum absolute atomic E-state index is 0.353. The Labute approximate surface area is 109 Å². The SMILES string of the molecule is C=C(c1csc(-c2cccnc2)n1)C1OCCO1. The molecule has 0 bridgehead atoms. The van der Waals surface area contributed by atoms with Crippen LogP contribution in [-0.2, 0) is 9.47 Å². The Bertz CT molecular complexity index is 547. The molecule has 2 aromatic heterocycles. The van der Waals surface area contributed by atoms with Crippen molar-refractivity contribution in [1.82, 2.24) is 9.97 Å². The maximum atomic E-state index is 5.41. The zero-order chi connectivity index (χ0) is 12.4. The Morgan fingerprint density at radius 3 is 2.94 bits per heavy atom. The molecule has 1 aliphatic heterocycles. The molecule has 0 unspecified atom stereocenters. The Hall–Kier alpha value is -1.56. The van der Waals surface area contributed by atoms with Gasteiger partial charge in [0.2, 0.25) is 0 Å². The standard InChI is InChI=1S/C13H12N2O2S/c1-9(13-16-5-6-17-13)11-8-18-12(15-11)10-3-2-4-14-7-10/h2-4,7-8,13H,1,5-6H2. The zero-order valence-corrected chi connectivity index (χ0v) is 10.5. The Morgan fingerprint density at radius 1 is 1.39 bits per heavy atom. The minimum atomic E-state index is -0.353. The van der Waals surface area contributed by atoms with Gasteiger partial charge in [-0.3, -0.25) is 4.98 Å². The van der Waals surface area contributed by atoms with Gasteiger partial charge in [-0.2, -0.15) is 0 Å². The van der Waals surface area contributed by atoms with Crippen molar-refractivity contribution in [3.63, 3.8) is 0 Å². The maximum Gasteiger partial charge on any atom is 0.185 e. The van der Waals surface area contributed by atoms with E-state index in [1.165, 1.54) is 0 Å². The normalized spacial score (nSPS) is 16.0. The van der Waals surface area contributed by atoms with E-state index in [2.05, 4.69) is 16.5 Å². The highest BCUT2D eigenvalue weighted by Crippen LogP contribution is 2.28. The Kier molecular flexibility index (Phi) is 3.19. The molecular formula is C13H12N2O2S. The van der Waals surface area contributed by atoms with Crippen LogP contribution in [0.5, 0.6) is 0 Å². The van der Waals surface area contributed by atoms with E-state index in [0.29, 0.717) is 13.2 Å². The van der Waals surface area contributed by atoms with Crippen LogP contribution >= 0.6 is 11.3 Å². The number of thiazole rings is 1. The van der Waals surface area contributed by atoms with Crippen molar-refractivity contribution >= 4 is 16.9 Å². The fourth-order valence-corrected chi connectivity index (χ4v) is 2.56. The van der Waals surface area contributed by atoms with Crippen LogP contribution in [0.2, 0.25) is 0 Å². The van der Waals surface area contributed by atoms with Crippen molar-refractivity contribution < 1.29 is 9.47 Å². The van der Waals surface area contributed by atoms with E-state index in [1.807, 2.05) is 17.5 Å². The molecule has 0 spiro atoms. The van der Waals surface area contributed by atoms with Crippen LogP contribution in [0.1, 0.15) is 5.69 Å². The maximum absolute atomic E-state index is 5.41. The average Bonchev–Trinajstić information content (AvgIpc) is 3.10. The fourth-order valence-electron chi connectivity index (χ4n) is 1.72.